The third-order valence-corrected chi connectivity index (χ3v) is 3.57. The van der Waals surface area contributed by atoms with Crippen LogP contribution < -0.4 is 0 Å². The first-order chi connectivity index (χ1) is 9.66. The first-order valence-electron chi connectivity index (χ1n) is 7.04. The Morgan fingerprint density at radius 2 is 1.85 bits per heavy atom. The maximum absolute atomic E-state index is 10.5. The molecule has 106 valence electrons. The van der Waals surface area contributed by atoms with E-state index in [9.17, 15) is 4.79 Å². The van der Waals surface area contributed by atoms with Crippen LogP contribution in [0.1, 0.15) is 18.4 Å². The molecule has 0 atom stereocenters. The molecule has 3 nitrogen and oxygen atoms in total. The van der Waals surface area contributed by atoms with Crippen LogP contribution in [0.25, 0.3) is 10.8 Å². The first-order valence-corrected chi connectivity index (χ1v) is 7.04. The zero-order valence-electron chi connectivity index (χ0n) is 11.9. The second-order valence-electron chi connectivity index (χ2n) is 5.19. The summed E-state index contributed by atoms with van der Waals surface area (Å²) >= 11 is 0. The molecule has 0 saturated heterocycles. The third-order valence-electron chi connectivity index (χ3n) is 3.57. The molecule has 20 heavy (non-hydrogen) atoms. The summed E-state index contributed by atoms with van der Waals surface area (Å²) in [6, 6.07) is 14.9. The molecule has 0 aliphatic carbocycles. The predicted molar refractivity (Wildman–Crippen MR) is 82.0 cm³/mol. The molecule has 0 radical (unpaired) electrons. The van der Waals surface area contributed by atoms with Crippen molar-refractivity contribution in [3.63, 3.8) is 0 Å². The van der Waals surface area contributed by atoms with Gasteiger partial charge in [0, 0.05) is 6.54 Å². The van der Waals surface area contributed by atoms with E-state index < -0.39 is 5.97 Å². The van der Waals surface area contributed by atoms with Crippen LogP contribution >= 0.6 is 0 Å². The van der Waals surface area contributed by atoms with E-state index in [1.165, 1.54) is 16.3 Å². The van der Waals surface area contributed by atoms with E-state index >= 15 is 0 Å². The summed E-state index contributed by atoms with van der Waals surface area (Å²) < 4.78 is 0. The van der Waals surface area contributed by atoms with Gasteiger partial charge in [-0.05, 0) is 42.8 Å². The van der Waals surface area contributed by atoms with Crippen LogP contribution in [-0.2, 0) is 11.2 Å². The largest absolute Gasteiger partial charge is 0.481 e. The number of fused-ring (bicyclic) bond motifs is 1. The Morgan fingerprint density at radius 1 is 1.10 bits per heavy atom. The van der Waals surface area contributed by atoms with Crippen LogP contribution in [0, 0.1) is 0 Å². The fourth-order valence-corrected chi connectivity index (χ4v) is 2.45. The van der Waals surface area contributed by atoms with Gasteiger partial charge in [0.25, 0.3) is 0 Å². The number of hydrogen-bond acceptors (Lipinski definition) is 2. The molecule has 0 aliphatic heterocycles. The number of hydrogen-bond donors (Lipinski definition) is 1. The van der Waals surface area contributed by atoms with Crippen molar-refractivity contribution in [1.29, 1.82) is 0 Å². The Bertz CT molecular complexity index is 575. The minimum atomic E-state index is -0.731. The van der Waals surface area contributed by atoms with E-state index in [-0.39, 0.29) is 6.42 Å². The van der Waals surface area contributed by atoms with Crippen molar-refractivity contribution in [3.8, 4) is 0 Å². The van der Waals surface area contributed by atoms with Crippen molar-refractivity contribution in [3.05, 3.63) is 48.0 Å². The van der Waals surface area contributed by atoms with Gasteiger partial charge in [0.15, 0.2) is 0 Å². The molecule has 0 heterocycles. The van der Waals surface area contributed by atoms with E-state index in [2.05, 4.69) is 47.4 Å². The van der Waals surface area contributed by atoms with Crippen molar-refractivity contribution < 1.29 is 9.90 Å². The van der Waals surface area contributed by atoms with E-state index in [1.54, 1.807) is 0 Å². The number of carboxylic acids is 1. The minimum Gasteiger partial charge on any atom is -0.481 e. The van der Waals surface area contributed by atoms with Crippen LogP contribution in [0.5, 0.6) is 0 Å². The summed E-state index contributed by atoms with van der Waals surface area (Å²) in [6.45, 7) is 1.54. The van der Waals surface area contributed by atoms with Crippen LogP contribution in [0.4, 0.5) is 0 Å². The number of nitrogens with zero attached hydrogens (tertiary/aromatic N) is 1. The number of aliphatic carboxylic acids is 1. The van der Waals surface area contributed by atoms with Crippen molar-refractivity contribution >= 4 is 16.7 Å². The van der Waals surface area contributed by atoms with Gasteiger partial charge >= 0.3 is 5.97 Å². The lowest BCUT2D eigenvalue weighted by Crippen LogP contribution is -2.23. The average molecular weight is 271 g/mol. The molecule has 3 heteroatoms. The molecule has 0 saturated carbocycles. The minimum absolute atomic E-state index is 0.213. The van der Waals surface area contributed by atoms with Crippen molar-refractivity contribution in [2.45, 2.75) is 19.3 Å². The zero-order valence-corrected chi connectivity index (χ0v) is 11.9. The first kappa shape index (κ1) is 14.5. The summed E-state index contributed by atoms with van der Waals surface area (Å²) in [5.74, 6) is -0.731. The Hall–Kier alpha value is -1.87. The maximum atomic E-state index is 10.5. The van der Waals surface area contributed by atoms with Crippen molar-refractivity contribution in [1.82, 2.24) is 4.90 Å². The number of aryl methyl sites for hydroxylation is 1. The molecule has 0 bridgehead atoms. The highest BCUT2D eigenvalue weighted by molar-refractivity contribution is 5.85. The van der Waals surface area contributed by atoms with Gasteiger partial charge in [-0.15, -0.1) is 0 Å². The molecular weight excluding hydrogens is 250 g/mol. The second kappa shape index (κ2) is 7.06. The molecule has 0 aliphatic rings. The normalized spacial score (nSPS) is 11.1. The van der Waals surface area contributed by atoms with Gasteiger partial charge in [0.05, 0.1) is 6.42 Å². The molecule has 0 spiro atoms. The quantitative estimate of drug-likeness (QED) is 0.841. The van der Waals surface area contributed by atoms with Gasteiger partial charge in [-0.3, -0.25) is 4.79 Å². The Kier molecular flexibility index (Phi) is 5.13. The standard InChI is InChI=1S/C17H21NO2/c1-18(13-11-17(19)20)12-5-9-15-8-4-7-14-6-2-3-10-16(14)15/h2-4,6-8,10H,5,9,11-13H2,1H3,(H,19,20). The van der Waals surface area contributed by atoms with Gasteiger partial charge in [-0.2, -0.15) is 0 Å². The topological polar surface area (TPSA) is 40.5 Å². The smallest absolute Gasteiger partial charge is 0.304 e. The molecule has 0 aromatic heterocycles. The Balaban J connectivity index is 1.88. The molecule has 2 rings (SSSR count). The predicted octanol–water partition coefficient (Wildman–Crippen LogP) is 3.18. The van der Waals surface area contributed by atoms with E-state index in [0.29, 0.717) is 6.54 Å². The van der Waals surface area contributed by atoms with Gasteiger partial charge in [0.2, 0.25) is 0 Å². The van der Waals surface area contributed by atoms with Gasteiger partial charge in [-0.25, -0.2) is 0 Å². The van der Waals surface area contributed by atoms with E-state index in [1.807, 2.05) is 7.05 Å². The SMILES string of the molecule is CN(CCCc1cccc2ccccc12)CCC(=O)O. The summed E-state index contributed by atoms with van der Waals surface area (Å²) in [5.41, 5.74) is 1.37. The summed E-state index contributed by atoms with van der Waals surface area (Å²) in [6.07, 6.45) is 2.29. The van der Waals surface area contributed by atoms with Gasteiger partial charge in [0.1, 0.15) is 0 Å². The van der Waals surface area contributed by atoms with Gasteiger partial charge < -0.3 is 10.0 Å². The third kappa shape index (κ3) is 4.07. The van der Waals surface area contributed by atoms with Gasteiger partial charge in [-0.1, -0.05) is 42.5 Å². The summed E-state index contributed by atoms with van der Waals surface area (Å²) in [5, 5.41) is 11.3. The maximum Gasteiger partial charge on any atom is 0.304 e. The summed E-state index contributed by atoms with van der Waals surface area (Å²) in [4.78, 5) is 12.6. The van der Waals surface area contributed by atoms with E-state index in [0.717, 1.165) is 19.4 Å². The van der Waals surface area contributed by atoms with Crippen LogP contribution in [0.15, 0.2) is 42.5 Å². The zero-order chi connectivity index (χ0) is 14.4. The lowest BCUT2D eigenvalue weighted by Gasteiger charge is -2.15. The fraction of sp³-hybridized carbons (Fsp3) is 0.353. The Morgan fingerprint density at radius 3 is 2.65 bits per heavy atom. The number of benzene rings is 2. The van der Waals surface area contributed by atoms with E-state index in [4.69, 9.17) is 5.11 Å². The number of rotatable bonds is 7. The molecular formula is C17H21NO2. The summed E-state index contributed by atoms with van der Waals surface area (Å²) in [7, 11) is 1.98. The van der Waals surface area contributed by atoms with Crippen LogP contribution in [0.3, 0.4) is 0 Å². The number of carbonyl (C=O) groups is 1. The second-order valence-corrected chi connectivity index (χ2v) is 5.19. The molecule has 2 aromatic carbocycles. The van der Waals surface area contributed by atoms with Crippen molar-refractivity contribution in [2.24, 2.45) is 0 Å². The number of carboxylic acid groups (broad SMARTS) is 1. The molecule has 1 N–H and O–H groups in total. The highest BCUT2D eigenvalue weighted by atomic mass is 16.4. The average Bonchev–Trinajstić information content (AvgIpc) is 2.45. The molecule has 0 amide bonds. The van der Waals surface area contributed by atoms with Crippen LogP contribution in [-0.4, -0.2) is 36.1 Å². The Labute approximate surface area is 119 Å². The monoisotopic (exact) mass is 271 g/mol. The lowest BCUT2D eigenvalue weighted by molar-refractivity contribution is -0.137. The fourth-order valence-electron chi connectivity index (χ4n) is 2.45. The van der Waals surface area contributed by atoms with Crippen LogP contribution in [0.2, 0.25) is 0 Å². The molecule has 2 aromatic rings. The molecule has 0 unspecified atom stereocenters. The highest BCUT2D eigenvalue weighted by Crippen LogP contribution is 2.19. The highest BCUT2D eigenvalue weighted by Gasteiger charge is 2.04. The van der Waals surface area contributed by atoms with Crippen molar-refractivity contribution in [2.75, 3.05) is 20.1 Å². The lowest BCUT2D eigenvalue weighted by atomic mass is 10.0. The molecule has 0 fully saturated rings.